The van der Waals surface area contributed by atoms with Gasteiger partial charge in [0, 0.05) is 31.2 Å². The number of carbonyl (C=O) groups excluding carboxylic acids is 1. The quantitative estimate of drug-likeness (QED) is 0.734. The Kier molecular flexibility index (Phi) is 4.23. The predicted octanol–water partition coefficient (Wildman–Crippen LogP) is 3.00. The second-order valence-electron chi connectivity index (χ2n) is 5.13. The van der Waals surface area contributed by atoms with Gasteiger partial charge in [0.25, 0.3) is 0 Å². The Morgan fingerprint density at radius 2 is 2.13 bits per heavy atom. The van der Waals surface area contributed by atoms with Crippen molar-refractivity contribution in [2.24, 2.45) is 0 Å². The monoisotopic (exact) mass is 310 g/mol. The first-order valence-electron chi connectivity index (χ1n) is 7.51. The highest BCUT2D eigenvalue weighted by molar-refractivity contribution is 5.89. The summed E-state index contributed by atoms with van der Waals surface area (Å²) in [5, 5.41) is 2.98. The molecule has 3 aromatic heterocycles. The molecule has 3 heterocycles. The van der Waals surface area contributed by atoms with Crippen LogP contribution in [0.5, 0.6) is 0 Å². The standard InChI is InChI=1S/C17H18N4O2/c1-3-8-23-17(22)13-5-7-16-20-14(11-21(16)10-13)12-4-6-15(18-2)19-9-12/h4-7,9-11H,3,8H2,1-2H3,(H,18,19). The van der Waals surface area contributed by atoms with Crippen LogP contribution in [0.2, 0.25) is 0 Å². The number of fused-ring (bicyclic) bond motifs is 1. The molecule has 0 atom stereocenters. The van der Waals surface area contributed by atoms with E-state index < -0.39 is 0 Å². The minimum atomic E-state index is -0.316. The van der Waals surface area contributed by atoms with Gasteiger partial charge < -0.3 is 14.5 Å². The van der Waals surface area contributed by atoms with Gasteiger partial charge in [-0.1, -0.05) is 6.92 Å². The number of nitrogens with one attached hydrogen (secondary N) is 1. The van der Waals surface area contributed by atoms with Gasteiger partial charge in [-0.15, -0.1) is 0 Å². The predicted molar refractivity (Wildman–Crippen MR) is 88.5 cm³/mol. The van der Waals surface area contributed by atoms with Gasteiger partial charge >= 0.3 is 5.97 Å². The first-order chi connectivity index (χ1) is 11.2. The van der Waals surface area contributed by atoms with Crippen molar-refractivity contribution in [1.82, 2.24) is 14.4 Å². The summed E-state index contributed by atoms with van der Waals surface area (Å²) in [4.78, 5) is 20.8. The van der Waals surface area contributed by atoms with Crippen LogP contribution in [0.3, 0.4) is 0 Å². The zero-order valence-corrected chi connectivity index (χ0v) is 13.1. The molecule has 3 rings (SSSR count). The van der Waals surface area contributed by atoms with Crippen LogP contribution in [0.15, 0.2) is 42.9 Å². The number of pyridine rings is 2. The van der Waals surface area contributed by atoms with Crippen molar-refractivity contribution in [2.45, 2.75) is 13.3 Å². The topological polar surface area (TPSA) is 68.5 Å². The van der Waals surface area contributed by atoms with Crippen molar-refractivity contribution in [2.75, 3.05) is 19.0 Å². The van der Waals surface area contributed by atoms with E-state index in [0.29, 0.717) is 12.2 Å². The molecule has 0 aliphatic carbocycles. The maximum Gasteiger partial charge on any atom is 0.339 e. The minimum absolute atomic E-state index is 0.316. The molecule has 0 saturated carbocycles. The van der Waals surface area contributed by atoms with Crippen molar-refractivity contribution in [3.8, 4) is 11.3 Å². The average Bonchev–Trinajstić information content (AvgIpc) is 3.02. The summed E-state index contributed by atoms with van der Waals surface area (Å²) in [6.45, 7) is 2.39. The maximum absolute atomic E-state index is 11.9. The van der Waals surface area contributed by atoms with Gasteiger partial charge in [0.05, 0.1) is 17.9 Å². The molecule has 3 aromatic rings. The van der Waals surface area contributed by atoms with Crippen molar-refractivity contribution in [3.63, 3.8) is 0 Å². The first kappa shape index (κ1) is 15.0. The Bertz CT molecular complexity index is 824. The number of esters is 1. The lowest BCUT2D eigenvalue weighted by molar-refractivity contribution is 0.0504. The molecule has 0 spiro atoms. The lowest BCUT2D eigenvalue weighted by Gasteiger charge is -2.03. The van der Waals surface area contributed by atoms with E-state index in [2.05, 4.69) is 15.3 Å². The van der Waals surface area contributed by atoms with Crippen LogP contribution in [-0.4, -0.2) is 34.0 Å². The number of carbonyl (C=O) groups is 1. The zero-order valence-electron chi connectivity index (χ0n) is 13.1. The number of ether oxygens (including phenoxy) is 1. The normalized spacial score (nSPS) is 10.7. The van der Waals surface area contributed by atoms with E-state index in [1.54, 1.807) is 24.5 Å². The van der Waals surface area contributed by atoms with Crippen LogP contribution in [0.4, 0.5) is 5.82 Å². The minimum Gasteiger partial charge on any atom is -0.462 e. The van der Waals surface area contributed by atoms with E-state index in [4.69, 9.17) is 4.74 Å². The Morgan fingerprint density at radius 3 is 2.83 bits per heavy atom. The summed E-state index contributed by atoms with van der Waals surface area (Å²) in [6.07, 6.45) is 6.18. The molecule has 0 unspecified atom stereocenters. The Labute approximate surface area is 134 Å². The van der Waals surface area contributed by atoms with Gasteiger partial charge in [-0.25, -0.2) is 14.8 Å². The Hall–Kier alpha value is -2.89. The summed E-state index contributed by atoms with van der Waals surface area (Å²) in [6, 6.07) is 7.39. The summed E-state index contributed by atoms with van der Waals surface area (Å²) in [5.74, 6) is 0.488. The molecule has 118 valence electrons. The smallest absolute Gasteiger partial charge is 0.339 e. The molecule has 6 heteroatoms. The van der Waals surface area contributed by atoms with Crippen LogP contribution in [0.25, 0.3) is 16.9 Å². The fourth-order valence-corrected chi connectivity index (χ4v) is 2.22. The third-order valence-corrected chi connectivity index (χ3v) is 3.44. The second kappa shape index (κ2) is 6.48. The molecule has 0 bridgehead atoms. The maximum atomic E-state index is 11.9. The van der Waals surface area contributed by atoms with Gasteiger partial charge in [-0.3, -0.25) is 0 Å². The highest BCUT2D eigenvalue weighted by Gasteiger charge is 2.10. The zero-order chi connectivity index (χ0) is 16.2. The third kappa shape index (κ3) is 3.15. The molecule has 1 N–H and O–H groups in total. The van der Waals surface area contributed by atoms with E-state index >= 15 is 0 Å². The second-order valence-corrected chi connectivity index (χ2v) is 5.13. The number of nitrogens with zero attached hydrogens (tertiary/aromatic N) is 3. The van der Waals surface area contributed by atoms with Gasteiger partial charge in [-0.05, 0) is 30.7 Å². The molecule has 0 radical (unpaired) electrons. The van der Waals surface area contributed by atoms with Crippen molar-refractivity contribution in [3.05, 3.63) is 48.4 Å². The Balaban J connectivity index is 1.90. The molecular weight excluding hydrogens is 292 g/mol. The molecule has 6 nitrogen and oxygen atoms in total. The number of hydrogen-bond acceptors (Lipinski definition) is 5. The fourth-order valence-electron chi connectivity index (χ4n) is 2.22. The largest absolute Gasteiger partial charge is 0.462 e. The van der Waals surface area contributed by atoms with Crippen LogP contribution >= 0.6 is 0 Å². The number of imidazole rings is 1. The van der Waals surface area contributed by atoms with Crippen LogP contribution < -0.4 is 5.32 Å². The molecule has 0 aliphatic heterocycles. The third-order valence-electron chi connectivity index (χ3n) is 3.44. The van der Waals surface area contributed by atoms with Gasteiger partial charge in [0.15, 0.2) is 0 Å². The molecule has 0 aliphatic rings. The fraction of sp³-hybridized carbons (Fsp3) is 0.235. The molecule has 0 saturated heterocycles. The highest BCUT2D eigenvalue weighted by atomic mass is 16.5. The summed E-state index contributed by atoms with van der Waals surface area (Å²) in [5.41, 5.74) is 3.00. The van der Waals surface area contributed by atoms with Crippen molar-refractivity contribution in [1.29, 1.82) is 0 Å². The van der Waals surface area contributed by atoms with E-state index in [-0.39, 0.29) is 5.97 Å². The van der Waals surface area contributed by atoms with Crippen molar-refractivity contribution < 1.29 is 9.53 Å². The van der Waals surface area contributed by atoms with E-state index in [1.165, 1.54) is 0 Å². The van der Waals surface area contributed by atoms with E-state index in [9.17, 15) is 4.79 Å². The summed E-state index contributed by atoms with van der Waals surface area (Å²) in [7, 11) is 1.83. The molecule has 23 heavy (non-hydrogen) atoms. The van der Waals surface area contributed by atoms with Gasteiger partial charge in [-0.2, -0.15) is 0 Å². The van der Waals surface area contributed by atoms with E-state index in [1.807, 2.05) is 36.7 Å². The van der Waals surface area contributed by atoms with Crippen molar-refractivity contribution >= 4 is 17.4 Å². The first-order valence-corrected chi connectivity index (χ1v) is 7.51. The number of hydrogen-bond donors (Lipinski definition) is 1. The summed E-state index contributed by atoms with van der Waals surface area (Å²) >= 11 is 0. The summed E-state index contributed by atoms with van der Waals surface area (Å²) < 4.78 is 6.98. The van der Waals surface area contributed by atoms with Crippen LogP contribution in [0, 0.1) is 0 Å². The van der Waals surface area contributed by atoms with E-state index in [0.717, 1.165) is 29.1 Å². The van der Waals surface area contributed by atoms with Gasteiger partial charge in [0.1, 0.15) is 11.5 Å². The molecule has 0 fully saturated rings. The lowest BCUT2D eigenvalue weighted by atomic mass is 10.2. The molecule has 0 amide bonds. The number of anilines is 1. The lowest BCUT2D eigenvalue weighted by Crippen LogP contribution is -2.06. The molecular formula is C17H18N4O2. The van der Waals surface area contributed by atoms with Crippen LogP contribution in [0.1, 0.15) is 23.7 Å². The average molecular weight is 310 g/mol. The number of aromatic nitrogens is 3. The highest BCUT2D eigenvalue weighted by Crippen LogP contribution is 2.20. The Morgan fingerprint density at radius 1 is 1.26 bits per heavy atom. The SMILES string of the molecule is CCCOC(=O)c1ccc2nc(-c3ccc(NC)nc3)cn2c1. The van der Waals surface area contributed by atoms with Crippen LogP contribution in [-0.2, 0) is 4.74 Å². The molecule has 0 aromatic carbocycles. The number of rotatable bonds is 5. The van der Waals surface area contributed by atoms with Gasteiger partial charge in [0.2, 0.25) is 0 Å².